The summed E-state index contributed by atoms with van der Waals surface area (Å²) in [6.45, 7) is 3.51. The Kier molecular flexibility index (Phi) is 4.47. The molecule has 154 valence electrons. The molecule has 3 fully saturated rings. The molecule has 3 aliphatic heterocycles. The van der Waals surface area contributed by atoms with E-state index in [0.717, 1.165) is 25.2 Å². The Bertz CT molecular complexity index is 879. The second-order valence-corrected chi connectivity index (χ2v) is 9.15. The molecule has 1 spiro atoms. The van der Waals surface area contributed by atoms with Gasteiger partial charge in [0.25, 0.3) is 5.91 Å². The van der Waals surface area contributed by atoms with Crippen LogP contribution in [0.2, 0.25) is 0 Å². The Hall–Kier alpha value is -2.25. The zero-order chi connectivity index (χ0) is 20.2. The second kappa shape index (κ2) is 6.92. The van der Waals surface area contributed by atoms with E-state index < -0.39 is 6.04 Å². The van der Waals surface area contributed by atoms with Gasteiger partial charge in [-0.2, -0.15) is 0 Å². The third kappa shape index (κ3) is 3.26. The molecule has 1 aromatic rings. The number of piperidine rings is 2. The molecule has 4 aliphatic rings. The molecule has 0 bridgehead atoms. The first kappa shape index (κ1) is 18.8. The molecule has 5 rings (SSSR count). The highest BCUT2D eigenvalue weighted by molar-refractivity contribution is 6.05. The fourth-order valence-electron chi connectivity index (χ4n) is 5.48. The molecule has 2 saturated heterocycles. The molecule has 0 radical (unpaired) electrons. The Labute approximate surface area is 170 Å². The van der Waals surface area contributed by atoms with Gasteiger partial charge in [0.2, 0.25) is 11.8 Å². The van der Waals surface area contributed by atoms with Crippen LogP contribution in [0.25, 0.3) is 0 Å². The summed E-state index contributed by atoms with van der Waals surface area (Å²) in [6.07, 6.45) is 4.49. The average molecular weight is 396 g/mol. The molecule has 3 heterocycles. The molecule has 1 aromatic carbocycles. The quantitative estimate of drug-likeness (QED) is 0.743. The van der Waals surface area contributed by atoms with Crippen LogP contribution in [0.1, 0.15) is 53.6 Å². The highest BCUT2D eigenvalue weighted by atomic mass is 16.2. The van der Waals surface area contributed by atoms with E-state index in [1.807, 2.05) is 12.1 Å². The zero-order valence-corrected chi connectivity index (χ0v) is 16.9. The summed E-state index contributed by atoms with van der Waals surface area (Å²) < 4.78 is 0. The first-order valence-electron chi connectivity index (χ1n) is 10.6. The van der Waals surface area contributed by atoms with Crippen molar-refractivity contribution in [2.75, 3.05) is 20.1 Å². The molecule has 0 aromatic heterocycles. The van der Waals surface area contributed by atoms with Crippen molar-refractivity contribution >= 4 is 17.7 Å². The smallest absolute Gasteiger partial charge is 0.255 e. The van der Waals surface area contributed by atoms with E-state index in [1.165, 1.54) is 24.8 Å². The summed E-state index contributed by atoms with van der Waals surface area (Å²) in [4.78, 5) is 40.6. The van der Waals surface area contributed by atoms with Gasteiger partial charge in [-0.05, 0) is 61.9 Å². The van der Waals surface area contributed by atoms with Crippen LogP contribution >= 0.6 is 0 Å². The summed E-state index contributed by atoms with van der Waals surface area (Å²) in [5, 5.41) is 5.90. The van der Waals surface area contributed by atoms with E-state index in [9.17, 15) is 14.4 Å². The molecule has 1 saturated carbocycles. The third-order valence-corrected chi connectivity index (χ3v) is 7.22. The van der Waals surface area contributed by atoms with Gasteiger partial charge < -0.3 is 10.2 Å². The zero-order valence-electron chi connectivity index (χ0n) is 16.9. The lowest BCUT2D eigenvalue weighted by Gasteiger charge is -2.39. The van der Waals surface area contributed by atoms with Crippen LogP contribution in [0.3, 0.4) is 0 Å². The molecule has 7 heteroatoms. The average Bonchev–Trinajstić information content (AvgIpc) is 3.38. The van der Waals surface area contributed by atoms with Gasteiger partial charge in [-0.1, -0.05) is 12.1 Å². The first-order chi connectivity index (χ1) is 14.0. The van der Waals surface area contributed by atoms with Crippen molar-refractivity contribution in [2.24, 2.45) is 5.41 Å². The van der Waals surface area contributed by atoms with Gasteiger partial charge in [0.15, 0.2) is 0 Å². The topological polar surface area (TPSA) is 81.8 Å². The van der Waals surface area contributed by atoms with Crippen molar-refractivity contribution in [2.45, 2.75) is 57.3 Å². The minimum Gasteiger partial charge on any atom is -0.322 e. The van der Waals surface area contributed by atoms with E-state index in [0.29, 0.717) is 30.0 Å². The molecular weight excluding hydrogens is 368 g/mol. The standard InChI is InChI=1S/C22H28N4O3/c1-25(18-6-9-23-13-22(18)7-8-22)11-14-2-3-16-15(10-14)12-26(21(16)29)17-4-5-19(27)24-20(17)28/h2-3,10,17-18,23H,4-9,11-13H2,1H3,(H,24,27,28). The molecular formula is C22H28N4O3. The van der Waals surface area contributed by atoms with Crippen LogP contribution in [0, 0.1) is 5.41 Å². The lowest BCUT2D eigenvalue weighted by Crippen LogP contribution is -2.52. The van der Waals surface area contributed by atoms with Gasteiger partial charge >= 0.3 is 0 Å². The SMILES string of the molecule is CN(Cc1ccc2c(c1)CN(C1CCC(=O)NC1=O)C2=O)C1CCNCC12CC2. The van der Waals surface area contributed by atoms with E-state index in [-0.39, 0.29) is 24.1 Å². The van der Waals surface area contributed by atoms with E-state index in [4.69, 9.17) is 0 Å². The summed E-state index contributed by atoms with van der Waals surface area (Å²) in [5.74, 6) is -0.722. The molecule has 2 unspecified atom stereocenters. The summed E-state index contributed by atoms with van der Waals surface area (Å²) in [6, 6.07) is 6.13. The van der Waals surface area contributed by atoms with E-state index >= 15 is 0 Å². The number of benzene rings is 1. The number of nitrogens with one attached hydrogen (secondary N) is 2. The molecule has 3 amide bonds. The van der Waals surface area contributed by atoms with Crippen LogP contribution in [0.15, 0.2) is 18.2 Å². The highest BCUT2D eigenvalue weighted by Gasteiger charge is 2.51. The first-order valence-corrected chi connectivity index (χ1v) is 10.6. The van der Waals surface area contributed by atoms with Crippen molar-refractivity contribution in [3.63, 3.8) is 0 Å². The van der Waals surface area contributed by atoms with Crippen molar-refractivity contribution in [3.05, 3.63) is 34.9 Å². The van der Waals surface area contributed by atoms with Crippen LogP contribution in [0.4, 0.5) is 0 Å². The second-order valence-electron chi connectivity index (χ2n) is 9.15. The maximum atomic E-state index is 12.8. The predicted molar refractivity (Wildman–Crippen MR) is 107 cm³/mol. The number of carbonyl (C=O) groups is 3. The van der Waals surface area contributed by atoms with Crippen LogP contribution in [-0.2, 0) is 22.7 Å². The van der Waals surface area contributed by atoms with Crippen molar-refractivity contribution < 1.29 is 14.4 Å². The largest absolute Gasteiger partial charge is 0.322 e. The molecule has 2 atom stereocenters. The maximum Gasteiger partial charge on any atom is 0.255 e. The van der Waals surface area contributed by atoms with Crippen molar-refractivity contribution in [3.8, 4) is 0 Å². The van der Waals surface area contributed by atoms with Crippen LogP contribution in [0.5, 0.6) is 0 Å². The summed E-state index contributed by atoms with van der Waals surface area (Å²) in [7, 11) is 2.21. The Morgan fingerprint density at radius 2 is 2.03 bits per heavy atom. The number of amides is 3. The molecule has 2 N–H and O–H groups in total. The van der Waals surface area contributed by atoms with E-state index in [2.05, 4.69) is 28.6 Å². The highest BCUT2D eigenvalue weighted by Crippen LogP contribution is 2.52. The molecule has 29 heavy (non-hydrogen) atoms. The predicted octanol–water partition coefficient (Wildman–Crippen LogP) is 1.02. The van der Waals surface area contributed by atoms with E-state index in [1.54, 1.807) is 4.90 Å². The molecule has 7 nitrogen and oxygen atoms in total. The van der Waals surface area contributed by atoms with Gasteiger partial charge in [0.05, 0.1) is 0 Å². The minimum absolute atomic E-state index is 0.107. The number of hydrogen-bond acceptors (Lipinski definition) is 5. The third-order valence-electron chi connectivity index (χ3n) is 7.22. The van der Waals surface area contributed by atoms with Gasteiger partial charge in [-0.3, -0.25) is 24.6 Å². The van der Waals surface area contributed by atoms with Crippen molar-refractivity contribution in [1.29, 1.82) is 0 Å². The summed E-state index contributed by atoms with van der Waals surface area (Å²) in [5.41, 5.74) is 3.33. The normalized spacial score (nSPS) is 28.1. The van der Waals surface area contributed by atoms with Crippen LogP contribution in [-0.4, -0.2) is 59.7 Å². The summed E-state index contributed by atoms with van der Waals surface area (Å²) >= 11 is 0. The number of carbonyl (C=O) groups excluding carboxylic acids is 3. The van der Waals surface area contributed by atoms with Gasteiger partial charge in [0.1, 0.15) is 6.04 Å². The molecule has 1 aliphatic carbocycles. The number of nitrogens with zero attached hydrogens (tertiary/aromatic N) is 2. The van der Waals surface area contributed by atoms with Crippen LogP contribution < -0.4 is 10.6 Å². The lowest BCUT2D eigenvalue weighted by molar-refractivity contribution is -0.136. The number of imide groups is 1. The Morgan fingerprint density at radius 3 is 2.79 bits per heavy atom. The van der Waals surface area contributed by atoms with Crippen molar-refractivity contribution in [1.82, 2.24) is 20.4 Å². The lowest BCUT2D eigenvalue weighted by atomic mass is 9.88. The Balaban J connectivity index is 1.30. The van der Waals surface area contributed by atoms with Gasteiger partial charge in [0, 0.05) is 37.7 Å². The maximum absolute atomic E-state index is 12.8. The van der Waals surface area contributed by atoms with Gasteiger partial charge in [-0.15, -0.1) is 0 Å². The fraction of sp³-hybridized carbons (Fsp3) is 0.591. The van der Waals surface area contributed by atoms with Gasteiger partial charge in [-0.25, -0.2) is 0 Å². The monoisotopic (exact) mass is 396 g/mol. The number of fused-ring (bicyclic) bond motifs is 1. The Morgan fingerprint density at radius 1 is 1.21 bits per heavy atom. The number of rotatable bonds is 4. The number of hydrogen-bond donors (Lipinski definition) is 2. The minimum atomic E-state index is -0.553. The fourth-order valence-corrected chi connectivity index (χ4v) is 5.48.